The number of carbonyl (C=O) groups is 2. The highest BCUT2D eigenvalue weighted by molar-refractivity contribution is 5.66. The van der Waals surface area contributed by atoms with Gasteiger partial charge in [-0.1, -0.05) is 13.8 Å². The van der Waals surface area contributed by atoms with Gasteiger partial charge in [0.05, 0.1) is 0 Å². The van der Waals surface area contributed by atoms with Gasteiger partial charge in [-0.05, 0) is 37.5 Å². The predicted octanol–water partition coefficient (Wildman–Crippen LogP) is 2.72. The molecular weight excluding hydrogens is 204 g/mol. The van der Waals surface area contributed by atoms with Crippen molar-refractivity contribution in [1.82, 2.24) is 0 Å². The van der Waals surface area contributed by atoms with Crippen molar-refractivity contribution in [2.24, 2.45) is 11.8 Å². The minimum atomic E-state index is -0.359. The molecule has 0 aromatic heterocycles. The molecule has 0 aliphatic heterocycles. The molecule has 1 aliphatic rings. The third-order valence-corrected chi connectivity index (χ3v) is 3.63. The molecular formula is C13H22O3. The third kappa shape index (κ3) is 3.32. The second-order valence-corrected chi connectivity index (χ2v) is 5.23. The maximum atomic E-state index is 11.1. The van der Waals surface area contributed by atoms with Gasteiger partial charge in [-0.15, -0.1) is 0 Å². The van der Waals surface area contributed by atoms with Crippen LogP contribution in [0.4, 0.5) is 0 Å². The van der Waals surface area contributed by atoms with Crippen LogP contribution < -0.4 is 0 Å². The highest BCUT2D eigenvalue weighted by Crippen LogP contribution is 2.43. The van der Waals surface area contributed by atoms with E-state index in [-0.39, 0.29) is 11.6 Å². The zero-order valence-electron chi connectivity index (χ0n) is 10.5. The highest BCUT2D eigenvalue weighted by atomic mass is 16.6. The van der Waals surface area contributed by atoms with Gasteiger partial charge in [0.1, 0.15) is 11.9 Å². The van der Waals surface area contributed by atoms with E-state index >= 15 is 0 Å². The standard InChI is InChI=1S/C13H22O3/c1-10(2)12-5-7-13(9-12,6-4-8-14)16-11(3)15/h8,10,12H,4-7,9H2,1-3H3/t12-,13-/m1/s1. The molecule has 0 amide bonds. The number of hydrogen-bond acceptors (Lipinski definition) is 3. The van der Waals surface area contributed by atoms with Gasteiger partial charge < -0.3 is 9.53 Å². The molecule has 1 aliphatic carbocycles. The van der Waals surface area contributed by atoms with E-state index < -0.39 is 0 Å². The topological polar surface area (TPSA) is 43.4 Å². The van der Waals surface area contributed by atoms with Gasteiger partial charge in [0.25, 0.3) is 0 Å². The third-order valence-electron chi connectivity index (χ3n) is 3.63. The molecule has 0 aromatic rings. The minimum Gasteiger partial charge on any atom is -0.459 e. The normalized spacial score (nSPS) is 29.4. The summed E-state index contributed by atoms with van der Waals surface area (Å²) in [6.45, 7) is 5.85. The molecule has 0 heterocycles. The Morgan fingerprint density at radius 1 is 1.56 bits per heavy atom. The lowest BCUT2D eigenvalue weighted by atomic mass is 9.90. The average Bonchev–Trinajstić information content (AvgIpc) is 2.59. The predicted molar refractivity (Wildman–Crippen MR) is 62.0 cm³/mol. The fourth-order valence-corrected chi connectivity index (χ4v) is 2.70. The number of carbonyl (C=O) groups excluding carboxylic acids is 2. The van der Waals surface area contributed by atoms with Gasteiger partial charge in [-0.25, -0.2) is 0 Å². The first kappa shape index (κ1) is 13.2. The van der Waals surface area contributed by atoms with Gasteiger partial charge in [0.15, 0.2) is 0 Å². The number of ether oxygens (including phenoxy) is 1. The van der Waals surface area contributed by atoms with Gasteiger partial charge in [0, 0.05) is 13.3 Å². The number of hydrogen-bond donors (Lipinski definition) is 0. The molecule has 0 N–H and O–H groups in total. The Bertz CT molecular complexity index is 260. The van der Waals surface area contributed by atoms with Crippen molar-refractivity contribution in [1.29, 1.82) is 0 Å². The molecule has 3 heteroatoms. The molecule has 0 aromatic carbocycles. The lowest BCUT2D eigenvalue weighted by molar-refractivity contribution is -0.158. The van der Waals surface area contributed by atoms with Crippen LogP contribution >= 0.6 is 0 Å². The fraction of sp³-hybridized carbons (Fsp3) is 0.846. The zero-order valence-corrected chi connectivity index (χ0v) is 10.5. The Morgan fingerprint density at radius 3 is 2.69 bits per heavy atom. The molecule has 3 nitrogen and oxygen atoms in total. The van der Waals surface area contributed by atoms with E-state index in [4.69, 9.17) is 4.74 Å². The monoisotopic (exact) mass is 226 g/mol. The largest absolute Gasteiger partial charge is 0.459 e. The molecule has 1 rings (SSSR count). The van der Waals surface area contributed by atoms with Gasteiger partial charge in [-0.2, -0.15) is 0 Å². The lowest BCUT2D eigenvalue weighted by Crippen LogP contribution is -2.32. The summed E-state index contributed by atoms with van der Waals surface area (Å²) < 4.78 is 5.48. The Hall–Kier alpha value is -0.860. The van der Waals surface area contributed by atoms with Crippen molar-refractivity contribution in [2.45, 2.75) is 58.5 Å². The summed E-state index contributed by atoms with van der Waals surface area (Å²) in [7, 11) is 0. The molecule has 0 spiro atoms. The van der Waals surface area contributed by atoms with Crippen LogP contribution in [0.25, 0.3) is 0 Å². The lowest BCUT2D eigenvalue weighted by Gasteiger charge is -2.29. The van der Waals surface area contributed by atoms with E-state index in [9.17, 15) is 9.59 Å². The molecule has 16 heavy (non-hydrogen) atoms. The Labute approximate surface area is 97.5 Å². The van der Waals surface area contributed by atoms with Crippen LogP contribution in [0.1, 0.15) is 52.9 Å². The van der Waals surface area contributed by atoms with Crippen LogP contribution in [0, 0.1) is 11.8 Å². The zero-order chi connectivity index (χ0) is 12.2. The van der Waals surface area contributed by atoms with E-state index in [1.54, 1.807) is 0 Å². The van der Waals surface area contributed by atoms with E-state index in [1.165, 1.54) is 6.92 Å². The van der Waals surface area contributed by atoms with E-state index in [0.29, 0.717) is 24.7 Å². The van der Waals surface area contributed by atoms with Crippen LogP contribution in [0.3, 0.4) is 0 Å². The second kappa shape index (κ2) is 5.46. The van der Waals surface area contributed by atoms with Crippen molar-refractivity contribution in [2.75, 3.05) is 0 Å². The number of aldehydes is 1. The molecule has 2 atom stereocenters. The number of rotatable bonds is 5. The first-order valence-corrected chi connectivity index (χ1v) is 6.12. The fourth-order valence-electron chi connectivity index (χ4n) is 2.70. The smallest absolute Gasteiger partial charge is 0.303 e. The Morgan fingerprint density at radius 2 is 2.25 bits per heavy atom. The molecule has 0 unspecified atom stereocenters. The van der Waals surface area contributed by atoms with Crippen molar-refractivity contribution >= 4 is 12.3 Å². The molecule has 92 valence electrons. The summed E-state index contributed by atoms with van der Waals surface area (Å²) in [5, 5.41) is 0. The second-order valence-electron chi connectivity index (χ2n) is 5.23. The Kier molecular flexibility index (Phi) is 4.51. The summed E-state index contributed by atoms with van der Waals surface area (Å²) >= 11 is 0. The van der Waals surface area contributed by atoms with Crippen molar-refractivity contribution < 1.29 is 14.3 Å². The summed E-state index contributed by atoms with van der Waals surface area (Å²) in [6, 6.07) is 0. The summed E-state index contributed by atoms with van der Waals surface area (Å²) in [4.78, 5) is 21.6. The SMILES string of the molecule is CC(=O)O[C@]1(CCC=O)CC[C@@H](C(C)C)C1. The van der Waals surface area contributed by atoms with Crippen LogP contribution in [-0.2, 0) is 14.3 Å². The minimum absolute atomic E-state index is 0.227. The molecule has 1 saturated carbocycles. The van der Waals surface area contributed by atoms with Crippen LogP contribution in [-0.4, -0.2) is 17.9 Å². The summed E-state index contributed by atoms with van der Waals surface area (Å²) in [6.07, 6.45) is 5.00. The first-order valence-electron chi connectivity index (χ1n) is 6.12. The maximum absolute atomic E-state index is 11.1. The van der Waals surface area contributed by atoms with Gasteiger partial charge in [0.2, 0.25) is 0 Å². The van der Waals surface area contributed by atoms with Crippen molar-refractivity contribution in [3.63, 3.8) is 0 Å². The first-order chi connectivity index (χ1) is 7.49. The molecule has 0 saturated heterocycles. The van der Waals surface area contributed by atoms with E-state index in [1.807, 2.05) is 0 Å². The van der Waals surface area contributed by atoms with Crippen LogP contribution in [0.2, 0.25) is 0 Å². The summed E-state index contributed by atoms with van der Waals surface area (Å²) in [5.74, 6) is 1.01. The summed E-state index contributed by atoms with van der Waals surface area (Å²) in [5.41, 5.74) is -0.359. The van der Waals surface area contributed by atoms with Gasteiger partial charge >= 0.3 is 5.97 Å². The Balaban J connectivity index is 2.65. The molecule has 1 fully saturated rings. The quantitative estimate of drug-likeness (QED) is 0.534. The molecule has 0 bridgehead atoms. The van der Waals surface area contributed by atoms with E-state index in [2.05, 4.69) is 13.8 Å². The average molecular weight is 226 g/mol. The maximum Gasteiger partial charge on any atom is 0.303 e. The molecule has 0 radical (unpaired) electrons. The van der Waals surface area contributed by atoms with Crippen LogP contribution in [0.15, 0.2) is 0 Å². The highest BCUT2D eigenvalue weighted by Gasteiger charge is 2.42. The van der Waals surface area contributed by atoms with Crippen LogP contribution in [0.5, 0.6) is 0 Å². The van der Waals surface area contributed by atoms with Gasteiger partial charge in [-0.3, -0.25) is 4.79 Å². The van der Waals surface area contributed by atoms with Crippen molar-refractivity contribution in [3.8, 4) is 0 Å². The van der Waals surface area contributed by atoms with Crippen molar-refractivity contribution in [3.05, 3.63) is 0 Å². The number of esters is 1. The van der Waals surface area contributed by atoms with E-state index in [0.717, 1.165) is 25.5 Å².